The van der Waals surface area contributed by atoms with Crippen LogP contribution in [0.1, 0.15) is 22.8 Å². The lowest BCUT2D eigenvalue weighted by molar-refractivity contribution is 0.101. The maximum atomic E-state index is 12.4. The molecule has 25 heavy (non-hydrogen) atoms. The number of carbonyl (C=O) groups excluding carboxylic acids is 1. The maximum Gasteiger partial charge on any atom is 0.240 e. The minimum atomic E-state index is -3.71. The summed E-state index contributed by atoms with van der Waals surface area (Å²) in [5.74, 6) is -0.179. The Hall–Kier alpha value is -2.77. The van der Waals surface area contributed by atoms with Crippen molar-refractivity contribution in [2.24, 2.45) is 0 Å². The number of sulfonamides is 1. The van der Waals surface area contributed by atoms with Crippen molar-refractivity contribution in [3.63, 3.8) is 0 Å². The molecule has 0 amide bonds. The molecule has 1 aromatic heterocycles. The standard InChI is InChI=1S/C18H17N3O3S/c1-14(22)16-6-5-9-18(10-16)25(23,24)20-12-15-11-19-21(13-15)17-7-3-2-4-8-17/h2-11,13,20H,12H2,1H3. The molecular weight excluding hydrogens is 338 g/mol. The summed E-state index contributed by atoms with van der Waals surface area (Å²) in [4.78, 5) is 11.5. The van der Waals surface area contributed by atoms with Gasteiger partial charge in [-0.3, -0.25) is 4.79 Å². The van der Waals surface area contributed by atoms with Crippen molar-refractivity contribution in [2.75, 3.05) is 0 Å². The molecule has 0 aliphatic heterocycles. The average molecular weight is 355 g/mol. The van der Waals surface area contributed by atoms with Crippen LogP contribution in [0.2, 0.25) is 0 Å². The fraction of sp³-hybridized carbons (Fsp3) is 0.111. The van der Waals surface area contributed by atoms with Crippen LogP contribution in [0.15, 0.2) is 71.9 Å². The summed E-state index contributed by atoms with van der Waals surface area (Å²) in [5.41, 5.74) is 1.99. The summed E-state index contributed by atoms with van der Waals surface area (Å²) in [6.07, 6.45) is 3.38. The lowest BCUT2D eigenvalue weighted by Crippen LogP contribution is -2.23. The fourth-order valence-electron chi connectivity index (χ4n) is 2.32. The zero-order chi connectivity index (χ0) is 17.9. The lowest BCUT2D eigenvalue weighted by atomic mass is 10.2. The van der Waals surface area contributed by atoms with Crippen LogP contribution in [0.4, 0.5) is 0 Å². The summed E-state index contributed by atoms with van der Waals surface area (Å²) in [6, 6.07) is 15.5. The topological polar surface area (TPSA) is 81.1 Å². The van der Waals surface area contributed by atoms with Crippen molar-refractivity contribution in [2.45, 2.75) is 18.4 Å². The number of Topliss-reactive ketones (excluding diaryl/α,β-unsaturated/α-hetero) is 1. The molecule has 0 unspecified atom stereocenters. The summed E-state index contributed by atoms with van der Waals surface area (Å²) in [5, 5.41) is 4.23. The Morgan fingerprint density at radius 3 is 2.60 bits per heavy atom. The molecule has 3 rings (SSSR count). The van der Waals surface area contributed by atoms with E-state index in [0.717, 1.165) is 11.3 Å². The summed E-state index contributed by atoms with van der Waals surface area (Å²) < 4.78 is 29.0. The van der Waals surface area contributed by atoms with Crippen molar-refractivity contribution in [1.82, 2.24) is 14.5 Å². The molecule has 0 saturated heterocycles. The fourth-order valence-corrected chi connectivity index (χ4v) is 3.38. The Bertz CT molecular complexity index is 995. The van der Waals surface area contributed by atoms with Crippen LogP contribution in [0.3, 0.4) is 0 Å². The second-order valence-corrected chi connectivity index (χ2v) is 7.30. The highest BCUT2D eigenvalue weighted by atomic mass is 32.2. The van der Waals surface area contributed by atoms with Crippen LogP contribution in [-0.2, 0) is 16.6 Å². The van der Waals surface area contributed by atoms with E-state index in [0.29, 0.717) is 5.56 Å². The van der Waals surface area contributed by atoms with Crippen LogP contribution < -0.4 is 4.72 Å². The monoisotopic (exact) mass is 355 g/mol. The Balaban J connectivity index is 1.74. The molecule has 0 spiro atoms. The van der Waals surface area contributed by atoms with E-state index in [4.69, 9.17) is 0 Å². The van der Waals surface area contributed by atoms with Crippen molar-refractivity contribution < 1.29 is 13.2 Å². The van der Waals surface area contributed by atoms with Crippen molar-refractivity contribution in [3.05, 3.63) is 78.1 Å². The second kappa shape index (κ2) is 7.00. The summed E-state index contributed by atoms with van der Waals surface area (Å²) >= 11 is 0. The summed E-state index contributed by atoms with van der Waals surface area (Å²) in [6.45, 7) is 1.51. The number of carbonyl (C=O) groups is 1. The third-order valence-corrected chi connectivity index (χ3v) is 5.07. The van der Waals surface area contributed by atoms with Crippen LogP contribution in [0, 0.1) is 0 Å². The van der Waals surface area contributed by atoms with Gasteiger partial charge in [-0.25, -0.2) is 17.8 Å². The molecule has 3 aromatic rings. The van der Waals surface area contributed by atoms with E-state index in [9.17, 15) is 13.2 Å². The van der Waals surface area contributed by atoms with Gasteiger partial charge in [-0.05, 0) is 31.2 Å². The van der Waals surface area contributed by atoms with E-state index in [1.807, 2.05) is 30.3 Å². The number of nitrogens with zero attached hydrogens (tertiary/aromatic N) is 2. The molecule has 7 heteroatoms. The maximum absolute atomic E-state index is 12.4. The Morgan fingerprint density at radius 2 is 1.88 bits per heavy atom. The highest BCUT2D eigenvalue weighted by Gasteiger charge is 2.15. The highest BCUT2D eigenvalue weighted by molar-refractivity contribution is 7.89. The molecule has 0 aliphatic carbocycles. The van der Waals surface area contributed by atoms with E-state index in [1.165, 1.54) is 19.1 Å². The van der Waals surface area contributed by atoms with Gasteiger partial charge in [-0.2, -0.15) is 5.10 Å². The minimum absolute atomic E-state index is 0.0654. The highest BCUT2D eigenvalue weighted by Crippen LogP contribution is 2.13. The molecule has 0 fully saturated rings. The Labute approximate surface area is 146 Å². The third kappa shape index (κ3) is 4.01. The van der Waals surface area contributed by atoms with Gasteiger partial charge in [-0.1, -0.05) is 30.3 Å². The zero-order valence-corrected chi connectivity index (χ0v) is 14.4. The van der Waals surface area contributed by atoms with Gasteiger partial charge < -0.3 is 0 Å². The van der Waals surface area contributed by atoms with Gasteiger partial charge in [0.2, 0.25) is 10.0 Å². The number of hydrogen-bond acceptors (Lipinski definition) is 4. The zero-order valence-electron chi connectivity index (χ0n) is 13.6. The number of nitrogens with one attached hydrogen (secondary N) is 1. The Kier molecular flexibility index (Phi) is 4.78. The van der Waals surface area contributed by atoms with Crippen molar-refractivity contribution in [1.29, 1.82) is 0 Å². The molecule has 1 heterocycles. The smallest absolute Gasteiger partial charge is 0.240 e. The molecule has 0 aliphatic rings. The van der Waals surface area contributed by atoms with E-state index < -0.39 is 10.0 Å². The number of ketones is 1. The molecule has 0 saturated carbocycles. The lowest BCUT2D eigenvalue weighted by Gasteiger charge is -2.06. The predicted molar refractivity (Wildman–Crippen MR) is 94.0 cm³/mol. The minimum Gasteiger partial charge on any atom is -0.295 e. The van der Waals surface area contributed by atoms with Crippen LogP contribution in [0.5, 0.6) is 0 Å². The molecule has 2 aromatic carbocycles. The van der Waals surface area contributed by atoms with Crippen molar-refractivity contribution in [3.8, 4) is 5.69 Å². The predicted octanol–water partition coefficient (Wildman–Crippen LogP) is 2.55. The van der Waals surface area contributed by atoms with Gasteiger partial charge in [0, 0.05) is 23.9 Å². The normalized spacial score (nSPS) is 11.4. The molecule has 0 atom stereocenters. The number of para-hydroxylation sites is 1. The first-order valence-electron chi connectivity index (χ1n) is 7.65. The van der Waals surface area contributed by atoms with E-state index in [-0.39, 0.29) is 17.2 Å². The number of hydrogen-bond donors (Lipinski definition) is 1. The average Bonchev–Trinajstić information content (AvgIpc) is 3.10. The number of rotatable bonds is 6. The van der Waals surface area contributed by atoms with Crippen LogP contribution >= 0.6 is 0 Å². The van der Waals surface area contributed by atoms with Gasteiger partial charge in [0.05, 0.1) is 16.8 Å². The van der Waals surface area contributed by atoms with E-state index in [1.54, 1.807) is 29.2 Å². The van der Waals surface area contributed by atoms with Gasteiger partial charge in [-0.15, -0.1) is 0 Å². The second-order valence-electron chi connectivity index (χ2n) is 5.54. The first-order chi connectivity index (χ1) is 12.0. The Morgan fingerprint density at radius 1 is 1.12 bits per heavy atom. The molecule has 0 radical (unpaired) electrons. The van der Waals surface area contributed by atoms with Crippen molar-refractivity contribution >= 4 is 15.8 Å². The van der Waals surface area contributed by atoms with Crippen LogP contribution in [0.25, 0.3) is 5.69 Å². The largest absolute Gasteiger partial charge is 0.295 e. The first kappa shape index (κ1) is 17.1. The van der Waals surface area contributed by atoms with Gasteiger partial charge in [0.1, 0.15) is 0 Å². The van der Waals surface area contributed by atoms with Gasteiger partial charge >= 0.3 is 0 Å². The quantitative estimate of drug-likeness (QED) is 0.689. The molecule has 6 nitrogen and oxygen atoms in total. The first-order valence-corrected chi connectivity index (χ1v) is 9.14. The molecular formula is C18H17N3O3S. The van der Waals surface area contributed by atoms with Gasteiger partial charge in [0.25, 0.3) is 0 Å². The molecule has 128 valence electrons. The van der Waals surface area contributed by atoms with E-state index in [2.05, 4.69) is 9.82 Å². The van der Waals surface area contributed by atoms with Crippen LogP contribution in [-0.4, -0.2) is 24.0 Å². The van der Waals surface area contributed by atoms with E-state index >= 15 is 0 Å². The number of benzene rings is 2. The molecule has 0 bridgehead atoms. The summed E-state index contributed by atoms with van der Waals surface area (Å²) in [7, 11) is -3.71. The number of aromatic nitrogens is 2. The van der Waals surface area contributed by atoms with Gasteiger partial charge in [0.15, 0.2) is 5.78 Å². The third-order valence-electron chi connectivity index (χ3n) is 3.67. The SMILES string of the molecule is CC(=O)c1cccc(S(=O)(=O)NCc2cnn(-c3ccccc3)c2)c1. The molecule has 1 N–H and O–H groups in total.